The molecule has 0 spiro atoms. The van der Waals surface area contributed by atoms with Crippen LogP contribution in [0.15, 0.2) is 18.2 Å². The molecule has 0 saturated carbocycles. The highest BCUT2D eigenvalue weighted by molar-refractivity contribution is 6.34. The maximum absolute atomic E-state index is 12.5. The molecule has 2 atom stereocenters. The number of carbonyl (C=O) groups excluding carboxylic acids is 1. The minimum atomic E-state index is -0.558. The first-order valence-corrected chi connectivity index (χ1v) is 6.88. The second-order valence-electron chi connectivity index (χ2n) is 5.28. The normalized spacial score (nSPS) is 24.8. The Morgan fingerprint density at radius 3 is 2.60 bits per heavy atom. The van der Waals surface area contributed by atoms with Crippen LogP contribution >= 0.6 is 11.6 Å². The lowest BCUT2D eigenvalue weighted by Crippen LogP contribution is -2.32. The Labute approximate surface area is 120 Å². The number of carbonyl (C=O) groups is 1. The quantitative estimate of drug-likeness (QED) is 0.663. The first-order valence-electron chi connectivity index (χ1n) is 6.51. The van der Waals surface area contributed by atoms with Gasteiger partial charge in [-0.05, 0) is 17.9 Å². The van der Waals surface area contributed by atoms with Crippen LogP contribution in [0.25, 0.3) is 0 Å². The molecule has 1 amide bonds. The van der Waals surface area contributed by atoms with Crippen LogP contribution in [-0.2, 0) is 0 Å². The lowest BCUT2D eigenvalue weighted by atomic mass is 10.0. The molecule has 2 aliphatic heterocycles. The number of fused-ring (bicyclic) bond motifs is 1. The van der Waals surface area contributed by atoms with E-state index >= 15 is 0 Å². The van der Waals surface area contributed by atoms with Gasteiger partial charge >= 0.3 is 0 Å². The number of benzene rings is 1. The Morgan fingerprint density at radius 1 is 1.35 bits per heavy atom. The summed E-state index contributed by atoms with van der Waals surface area (Å²) in [5.74, 6) is 0.553. The Kier molecular flexibility index (Phi) is 3.35. The van der Waals surface area contributed by atoms with Crippen molar-refractivity contribution in [3.8, 4) is 0 Å². The van der Waals surface area contributed by atoms with Crippen LogP contribution in [0.1, 0.15) is 10.4 Å². The summed E-state index contributed by atoms with van der Waals surface area (Å²) in [4.78, 5) is 24.7. The van der Waals surface area contributed by atoms with E-state index in [4.69, 9.17) is 11.6 Å². The van der Waals surface area contributed by atoms with Gasteiger partial charge in [0.2, 0.25) is 0 Å². The molecule has 0 aliphatic carbocycles. The molecule has 0 aromatic heterocycles. The summed E-state index contributed by atoms with van der Waals surface area (Å²) in [6, 6.07) is 4.32. The first-order chi connectivity index (χ1) is 9.58. The van der Waals surface area contributed by atoms with Crippen LogP contribution in [0, 0.1) is 22.0 Å². The Hall–Kier alpha value is -1.66. The van der Waals surface area contributed by atoms with Crippen LogP contribution in [0.3, 0.4) is 0 Å². The number of hydrogen-bond acceptors (Lipinski definition) is 4. The second-order valence-corrected chi connectivity index (χ2v) is 5.69. The fraction of sp³-hybridized carbons (Fsp3) is 0.462. The highest BCUT2D eigenvalue weighted by atomic mass is 35.5. The van der Waals surface area contributed by atoms with Crippen LogP contribution in [-0.4, -0.2) is 41.9 Å². The number of nitrogens with one attached hydrogen (secondary N) is 1. The highest BCUT2D eigenvalue weighted by Gasteiger charge is 2.40. The third-order valence-electron chi connectivity index (χ3n) is 4.08. The summed E-state index contributed by atoms with van der Waals surface area (Å²) >= 11 is 6.00. The monoisotopic (exact) mass is 295 g/mol. The minimum absolute atomic E-state index is 0.00657. The lowest BCUT2D eigenvalue weighted by molar-refractivity contribution is -0.385. The molecule has 2 aliphatic rings. The number of likely N-dealkylation sites (tertiary alicyclic amines) is 1. The molecule has 3 rings (SSSR count). The average molecular weight is 296 g/mol. The van der Waals surface area contributed by atoms with E-state index < -0.39 is 4.92 Å². The summed E-state index contributed by atoms with van der Waals surface area (Å²) in [6.07, 6.45) is 0. The Bertz CT molecular complexity index is 566. The van der Waals surface area contributed by atoms with Crippen LogP contribution in [0.5, 0.6) is 0 Å². The molecule has 1 N–H and O–H groups in total. The number of amides is 1. The zero-order valence-corrected chi connectivity index (χ0v) is 11.5. The predicted molar refractivity (Wildman–Crippen MR) is 73.9 cm³/mol. The van der Waals surface area contributed by atoms with Crippen molar-refractivity contribution in [1.82, 2.24) is 10.2 Å². The van der Waals surface area contributed by atoms with E-state index in [0.29, 0.717) is 24.9 Å². The third kappa shape index (κ3) is 2.14. The molecule has 6 nitrogen and oxygen atoms in total. The largest absolute Gasteiger partial charge is 0.338 e. The van der Waals surface area contributed by atoms with E-state index in [-0.39, 0.29) is 22.2 Å². The summed E-state index contributed by atoms with van der Waals surface area (Å²) in [7, 11) is 0. The number of hydrogen-bond donors (Lipinski definition) is 1. The zero-order valence-electron chi connectivity index (χ0n) is 10.7. The van der Waals surface area contributed by atoms with Gasteiger partial charge in [0.05, 0.1) is 9.95 Å². The second kappa shape index (κ2) is 5.03. The van der Waals surface area contributed by atoms with Crippen molar-refractivity contribution in [2.45, 2.75) is 0 Å². The van der Waals surface area contributed by atoms with Crippen molar-refractivity contribution in [2.75, 3.05) is 26.2 Å². The van der Waals surface area contributed by atoms with Crippen molar-refractivity contribution >= 4 is 23.2 Å². The standard InChI is InChI=1S/C13H14ClN3O3/c14-10-2-1-3-11(17(19)20)12(10)13(18)16-6-8-4-15-5-9(8)7-16/h1-3,8-9,15H,4-7H2. The maximum Gasteiger partial charge on any atom is 0.283 e. The number of nitro groups is 1. The SMILES string of the molecule is O=C(c1c(Cl)cccc1[N+](=O)[O-])N1CC2CNCC2C1. The van der Waals surface area contributed by atoms with Gasteiger partial charge in [-0.25, -0.2) is 0 Å². The van der Waals surface area contributed by atoms with Gasteiger partial charge < -0.3 is 10.2 Å². The molecule has 1 aromatic rings. The number of rotatable bonds is 2. The van der Waals surface area contributed by atoms with Gasteiger partial charge in [0.1, 0.15) is 5.56 Å². The van der Waals surface area contributed by atoms with Crippen molar-refractivity contribution in [3.05, 3.63) is 38.9 Å². The molecule has 2 unspecified atom stereocenters. The van der Waals surface area contributed by atoms with Crippen LogP contribution in [0.2, 0.25) is 5.02 Å². The Balaban J connectivity index is 1.90. The van der Waals surface area contributed by atoms with E-state index in [9.17, 15) is 14.9 Å². The van der Waals surface area contributed by atoms with Gasteiger partial charge in [0.15, 0.2) is 0 Å². The van der Waals surface area contributed by atoms with E-state index in [2.05, 4.69) is 5.32 Å². The molecule has 2 fully saturated rings. The molecular weight excluding hydrogens is 282 g/mol. The maximum atomic E-state index is 12.5. The number of halogens is 1. The molecule has 20 heavy (non-hydrogen) atoms. The fourth-order valence-corrected chi connectivity index (χ4v) is 3.31. The third-order valence-corrected chi connectivity index (χ3v) is 4.39. The average Bonchev–Trinajstić information content (AvgIpc) is 2.98. The molecule has 0 bridgehead atoms. The molecular formula is C13H14ClN3O3. The summed E-state index contributed by atoms with van der Waals surface area (Å²) in [6.45, 7) is 3.08. The van der Waals surface area contributed by atoms with Gasteiger partial charge in [0.25, 0.3) is 11.6 Å². The summed E-state index contributed by atoms with van der Waals surface area (Å²) in [5, 5.41) is 14.5. The van der Waals surface area contributed by atoms with Crippen molar-refractivity contribution in [2.24, 2.45) is 11.8 Å². The van der Waals surface area contributed by atoms with Gasteiger partial charge in [-0.2, -0.15) is 0 Å². The molecule has 1 aromatic carbocycles. The Morgan fingerprint density at radius 2 is 2.00 bits per heavy atom. The number of nitrogens with zero attached hydrogens (tertiary/aromatic N) is 2. The molecule has 2 saturated heterocycles. The van der Waals surface area contributed by atoms with Gasteiger partial charge in [-0.15, -0.1) is 0 Å². The van der Waals surface area contributed by atoms with Gasteiger partial charge in [0, 0.05) is 32.2 Å². The predicted octanol–water partition coefficient (Wildman–Crippen LogP) is 1.54. The topological polar surface area (TPSA) is 75.5 Å². The smallest absolute Gasteiger partial charge is 0.283 e. The van der Waals surface area contributed by atoms with E-state index in [1.165, 1.54) is 18.2 Å². The van der Waals surface area contributed by atoms with Crippen molar-refractivity contribution in [1.29, 1.82) is 0 Å². The minimum Gasteiger partial charge on any atom is -0.338 e. The summed E-state index contributed by atoms with van der Waals surface area (Å²) in [5.41, 5.74) is -0.218. The first kappa shape index (κ1) is 13.3. The van der Waals surface area contributed by atoms with E-state index in [1.54, 1.807) is 4.90 Å². The van der Waals surface area contributed by atoms with Gasteiger partial charge in [-0.3, -0.25) is 14.9 Å². The zero-order chi connectivity index (χ0) is 14.3. The molecule has 0 radical (unpaired) electrons. The number of nitro benzene ring substituents is 1. The molecule has 106 valence electrons. The van der Waals surface area contributed by atoms with Gasteiger partial charge in [-0.1, -0.05) is 17.7 Å². The summed E-state index contributed by atoms with van der Waals surface area (Å²) < 4.78 is 0. The fourth-order valence-electron chi connectivity index (χ4n) is 3.06. The molecule has 7 heteroatoms. The van der Waals surface area contributed by atoms with E-state index in [0.717, 1.165) is 13.1 Å². The van der Waals surface area contributed by atoms with E-state index in [1.807, 2.05) is 0 Å². The van der Waals surface area contributed by atoms with Crippen molar-refractivity contribution in [3.63, 3.8) is 0 Å². The van der Waals surface area contributed by atoms with Crippen LogP contribution < -0.4 is 5.32 Å². The van der Waals surface area contributed by atoms with Crippen LogP contribution in [0.4, 0.5) is 5.69 Å². The molecule has 2 heterocycles. The highest BCUT2D eigenvalue weighted by Crippen LogP contribution is 2.32. The van der Waals surface area contributed by atoms with Crippen molar-refractivity contribution < 1.29 is 9.72 Å². The lowest BCUT2D eigenvalue weighted by Gasteiger charge is -2.18.